The predicted molar refractivity (Wildman–Crippen MR) is 52.8 cm³/mol. The summed E-state index contributed by atoms with van der Waals surface area (Å²) in [5, 5.41) is 1.93. The lowest BCUT2D eigenvalue weighted by Gasteiger charge is -2.09. The molecule has 0 aromatic rings. The third kappa shape index (κ3) is 2.35. The predicted octanol–water partition coefficient (Wildman–Crippen LogP) is -0.0160. The van der Waals surface area contributed by atoms with Gasteiger partial charge in [0.05, 0.1) is 0 Å². The number of rotatable bonds is 5. The Kier molecular flexibility index (Phi) is 3.70. The Morgan fingerprint density at radius 2 is 2.14 bits per heavy atom. The van der Waals surface area contributed by atoms with Crippen LogP contribution in [-0.4, -0.2) is 40.8 Å². The number of nitrogens with one attached hydrogen (secondary N) is 1. The third-order valence-corrected chi connectivity index (χ3v) is 2.54. The van der Waals surface area contributed by atoms with Crippen LogP contribution in [0.3, 0.4) is 0 Å². The first kappa shape index (κ1) is 10.8. The minimum Gasteiger partial charge on any atom is -0.269 e. The van der Waals surface area contributed by atoms with Crippen molar-refractivity contribution in [2.75, 3.05) is 18.1 Å². The Hall–Kier alpha value is -1.30. The van der Waals surface area contributed by atoms with Crippen LogP contribution in [0, 0.1) is 0 Å². The van der Waals surface area contributed by atoms with Gasteiger partial charge in [-0.2, -0.15) is 11.8 Å². The van der Waals surface area contributed by atoms with E-state index in [0.29, 0.717) is 5.75 Å². The molecule has 76 valence electrons. The van der Waals surface area contributed by atoms with Crippen LogP contribution in [0.15, 0.2) is 12.7 Å². The number of hydrogen-bond donors (Lipinski definition) is 1. The van der Waals surface area contributed by atoms with Crippen molar-refractivity contribution in [1.29, 1.82) is 0 Å². The van der Waals surface area contributed by atoms with Crippen molar-refractivity contribution in [1.82, 2.24) is 10.2 Å². The Bertz CT molecular complexity index is 290. The standard InChI is InChI=1S/C8H10N2O3S/c1-2-4-14-5-3-10-7(12)6(11)9-8(10)13/h2H,1,3-5H2,(H,9,11,13). The molecular formula is C8H10N2O3S. The summed E-state index contributed by atoms with van der Waals surface area (Å²) in [6.45, 7) is 3.80. The van der Waals surface area contributed by atoms with E-state index in [1.54, 1.807) is 17.8 Å². The molecule has 5 nitrogen and oxygen atoms in total. The molecule has 0 atom stereocenters. The van der Waals surface area contributed by atoms with Crippen molar-refractivity contribution in [3.63, 3.8) is 0 Å². The number of imide groups is 2. The lowest BCUT2D eigenvalue weighted by molar-refractivity contribution is -0.140. The van der Waals surface area contributed by atoms with Crippen LogP contribution in [0.1, 0.15) is 0 Å². The molecule has 1 aliphatic heterocycles. The summed E-state index contributed by atoms with van der Waals surface area (Å²) in [4.78, 5) is 33.7. The average molecular weight is 214 g/mol. The number of nitrogens with zero attached hydrogens (tertiary/aromatic N) is 1. The summed E-state index contributed by atoms with van der Waals surface area (Å²) in [5.41, 5.74) is 0. The number of amides is 4. The van der Waals surface area contributed by atoms with E-state index >= 15 is 0 Å². The van der Waals surface area contributed by atoms with Gasteiger partial charge in [-0.3, -0.25) is 19.8 Å². The van der Waals surface area contributed by atoms with Crippen molar-refractivity contribution in [2.24, 2.45) is 0 Å². The molecule has 0 spiro atoms. The van der Waals surface area contributed by atoms with Gasteiger partial charge < -0.3 is 0 Å². The summed E-state index contributed by atoms with van der Waals surface area (Å²) < 4.78 is 0. The smallest absolute Gasteiger partial charge is 0.269 e. The van der Waals surface area contributed by atoms with E-state index in [2.05, 4.69) is 6.58 Å². The minimum absolute atomic E-state index is 0.259. The molecule has 1 saturated heterocycles. The van der Waals surface area contributed by atoms with E-state index < -0.39 is 17.8 Å². The molecule has 0 unspecified atom stereocenters. The van der Waals surface area contributed by atoms with Gasteiger partial charge in [-0.05, 0) is 0 Å². The molecule has 0 radical (unpaired) electrons. The Morgan fingerprint density at radius 3 is 2.64 bits per heavy atom. The highest BCUT2D eigenvalue weighted by atomic mass is 32.2. The zero-order valence-corrected chi connectivity index (χ0v) is 8.30. The van der Waals surface area contributed by atoms with E-state index in [4.69, 9.17) is 0 Å². The highest BCUT2D eigenvalue weighted by Crippen LogP contribution is 2.05. The maximum absolute atomic E-state index is 11.0. The first-order valence-electron chi connectivity index (χ1n) is 4.02. The highest BCUT2D eigenvalue weighted by molar-refractivity contribution is 7.99. The van der Waals surface area contributed by atoms with Crippen molar-refractivity contribution < 1.29 is 14.4 Å². The van der Waals surface area contributed by atoms with Gasteiger partial charge in [0.2, 0.25) is 0 Å². The van der Waals surface area contributed by atoms with Crippen molar-refractivity contribution in [2.45, 2.75) is 0 Å². The summed E-state index contributed by atoms with van der Waals surface area (Å²) in [7, 11) is 0. The molecule has 1 aliphatic rings. The van der Waals surface area contributed by atoms with Gasteiger partial charge in [0, 0.05) is 18.1 Å². The van der Waals surface area contributed by atoms with Gasteiger partial charge in [0.1, 0.15) is 0 Å². The number of hydrogen-bond acceptors (Lipinski definition) is 4. The van der Waals surface area contributed by atoms with Gasteiger partial charge in [-0.25, -0.2) is 4.79 Å². The van der Waals surface area contributed by atoms with Crippen LogP contribution in [0.5, 0.6) is 0 Å². The SMILES string of the molecule is C=CCSCCN1C(=O)NC(=O)C1=O. The van der Waals surface area contributed by atoms with Gasteiger partial charge in [0.15, 0.2) is 0 Å². The molecule has 0 aliphatic carbocycles. The second-order valence-corrected chi connectivity index (χ2v) is 3.73. The zero-order chi connectivity index (χ0) is 10.6. The van der Waals surface area contributed by atoms with E-state index in [1.807, 2.05) is 5.32 Å². The first-order valence-corrected chi connectivity index (χ1v) is 5.17. The quantitative estimate of drug-likeness (QED) is 0.302. The number of thioether (sulfide) groups is 1. The van der Waals surface area contributed by atoms with E-state index in [1.165, 1.54) is 0 Å². The molecule has 0 bridgehead atoms. The van der Waals surface area contributed by atoms with Crippen LogP contribution in [0.4, 0.5) is 4.79 Å². The van der Waals surface area contributed by atoms with Crippen molar-refractivity contribution in [3.05, 3.63) is 12.7 Å². The average Bonchev–Trinajstić information content (AvgIpc) is 2.38. The molecule has 6 heteroatoms. The zero-order valence-electron chi connectivity index (χ0n) is 7.49. The molecule has 1 heterocycles. The molecule has 0 saturated carbocycles. The van der Waals surface area contributed by atoms with Crippen LogP contribution in [0.2, 0.25) is 0 Å². The fraction of sp³-hybridized carbons (Fsp3) is 0.375. The maximum atomic E-state index is 11.0. The van der Waals surface area contributed by atoms with Gasteiger partial charge in [-0.15, -0.1) is 6.58 Å². The monoisotopic (exact) mass is 214 g/mol. The van der Waals surface area contributed by atoms with Crippen molar-refractivity contribution in [3.8, 4) is 0 Å². The second-order valence-electron chi connectivity index (χ2n) is 2.58. The molecule has 14 heavy (non-hydrogen) atoms. The lowest BCUT2D eigenvalue weighted by atomic mass is 10.5. The highest BCUT2D eigenvalue weighted by Gasteiger charge is 2.36. The fourth-order valence-electron chi connectivity index (χ4n) is 0.958. The van der Waals surface area contributed by atoms with Crippen molar-refractivity contribution >= 4 is 29.6 Å². The number of urea groups is 1. The molecule has 0 aromatic heterocycles. The molecular weight excluding hydrogens is 204 g/mol. The van der Waals surface area contributed by atoms with Gasteiger partial charge in [0.25, 0.3) is 0 Å². The summed E-state index contributed by atoms with van der Waals surface area (Å²) in [6, 6.07) is -0.626. The topological polar surface area (TPSA) is 66.5 Å². The van der Waals surface area contributed by atoms with E-state index in [-0.39, 0.29) is 6.54 Å². The summed E-state index contributed by atoms with van der Waals surface area (Å²) >= 11 is 1.54. The molecule has 1 fully saturated rings. The lowest BCUT2D eigenvalue weighted by Crippen LogP contribution is -2.33. The third-order valence-electron chi connectivity index (χ3n) is 1.60. The fourth-order valence-corrected chi connectivity index (χ4v) is 1.60. The Balaban J connectivity index is 2.37. The van der Waals surface area contributed by atoms with E-state index in [0.717, 1.165) is 10.7 Å². The van der Waals surface area contributed by atoms with Crippen LogP contribution >= 0.6 is 11.8 Å². The Labute approximate surface area is 85.5 Å². The second kappa shape index (κ2) is 4.80. The normalized spacial score (nSPS) is 16.0. The minimum atomic E-state index is -0.844. The van der Waals surface area contributed by atoms with Gasteiger partial charge in [-0.1, -0.05) is 6.08 Å². The van der Waals surface area contributed by atoms with E-state index in [9.17, 15) is 14.4 Å². The largest absolute Gasteiger partial charge is 0.331 e. The molecule has 1 N–H and O–H groups in total. The van der Waals surface area contributed by atoms with Crippen LogP contribution in [0.25, 0.3) is 0 Å². The number of carbonyl (C=O) groups excluding carboxylic acids is 3. The van der Waals surface area contributed by atoms with Crippen LogP contribution in [-0.2, 0) is 9.59 Å². The number of carbonyl (C=O) groups is 3. The van der Waals surface area contributed by atoms with Crippen LogP contribution < -0.4 is 5.32 Å². The molecule has 1 rings (SSSR count). The Morgan fingerprint density at radius 1 is 1.43 bits per heavy atom. The summed E-state index contributed by atoms with van der Waals surface area (Å²) in [5.74, 6) is -0.242. The molecule has 4 amide bonds. The maximum Gasteiger partial charge on any atom is 0.331 e. The molecule has 0 aromatic carbocycles. The summed E-state index contributed by atoms with van der Waals surface area (Å²) in [6.07, 6.45) is 1.74. The van der Waals surface area contributed by atoms with Gasteiger partial charge >= 0.3 is 17.8 Å². The first-order chi connectivity index (χ1) is 6.66.